The molecule has 0 saturated carbocycles. The van der Waals surface area contributed by atoms with Crippen LogP contribution in [0.25, 0.3) is 10.2 Å². The molecule has 1 heterocycles. The Hall–Kier alpha value is -1.85. The average molecular weight is 314 g/mol. The van der Waals surface area contributed by atoms with E-state index in [4.69, 9.17) is 0 Å². The summed E-state index contributed by atoms with van der Waals surface area (Å²) < 4.78 is 1.07. The van der Waals surface area contributed by atoms with E-state index in [0.29, 0.717) is 5.56 Å². The van der Waals surface area contributed by atoms with E-state index in [1.807, 2.05) is 48.0 Å². The van der Waals surface area contributed by atoms with Gasteiger partial charge in [0, 0.05) is 16.1 Å². The Morgan fingerprint density at radius 1 is 1.29 bits per heavy atom. The van der Waals surface area contributed by atoms with Crippen LogP contribution in [0.2, 0.25) is 0 Å². The molecule has 106 valence electrons. The summed E-state index contributed by atoms with van der Waals surface area (Å²) in [6.07, 6.45) is 0. The van der Waals surface area contributed by atoms with Crippen LogP contribution in [0.15, 0.2) is 52.9 Å². The fourth-order valence-corrected chi connectivity index (χ4v) is 3.46. The number of fused-ring (bicyclic) bond motifs is 1. The second-order valence-electron chi connectivity index (χ2n) is 4.45. The number of amides is 1. The smallest absolute Gasteiger partial charge is 0.255 e. The standard InChI is InChI=1S/C16H14N2OS2/c1-2-20-13-5-3-4-11(8-13)16(19)18-12-6-7-14-15(9-12)21-10-17-14/h3-10H,2H2,1H3,(H,18,19). The fraction of sp³-hybridized carbons (Fsp3) is 0.125. The van der Waals surface area contributed by atoms with Crippen molar-refractivity contribution in [3.63, 3.8) is 0 Å². The van der Waals surface area contributed by atoms with Crippen LogP contribution in [0, 0.1) is 0 Å². The first kappa shape index (κ1) is 14.1. The third-order valence-corrected chi connectivity index (χ3v) is 4.66. The number of benzene rings is 2. The SMILES string of the molecule is CCSc1cccc(C(=O)Nc2ccc3ncsc3c2)c1. The number of anilines is 1. The summed E-state index contributed by atoms with van der Waals surface area (Å²) in [7, 11) is 0. The Morgan fingerprint density at radius 3 is 3.05 bits per heavy atom. The average Bonchev–Trinajstić information content (AvgIpc) is 2.95. The summed E-state index contributed by atoms with van der Waals surface area (Å²) in [6.45, 7) is 2.10. The zero-order valence-electron chi connectivity index (χ0n) is 11.5. The molecule has 1 aromatic heterocycles. The van der Waals surface area contributed by atoms with Crippen molar-refractivity contribution in [3.8, 4) is 0 Å². The van der Waals surface area contributed by atoms with Crippen molar-refractivity contribution >= 4 is 44.9 Å². The molecular weight excluding hydrogens is 300 g/mol. The van der Waals surface area contributed by atoms with Gasteiger partial charge in [0.2, 0.25) is 0 Å². The van der Waals surface area contributed by atoms with Crippen LogP contribution in [0.4, 0.5) is 5.69 Å². The van der Waals surface area contributed by atoms with Gasteiger partial charge in [-0.1, -0.05) is 13.0 Å². The number of carbonyl (C=O) groups is 1. The van der Waals surface area contributed by atoms with Crippen molar-refractivity contribution < 1.29 is 4.79 Å². The fourth-order valence-electron chi connectivity index (χ4n) is 2.03. The van der Waals surface area contributed by atoms with Gasteiger partial charge in [-0.05, 0) is 42.2 Å². The van der Waals surface area contributed by atoms with Crippen molar-refractivity contribution in [2.75, 3.05) is 11.1 Å². The molecule has 2 aromatic carbocycles. The van der Waals surface area contributed by atoms with Gasteiger partial charge in [-0.2, -0.15) is 0 Å². The van der Waals surface area contributed by atoms with Crippen molar-refractivity contribution in [3.05, 3.63) is 53.5 Å². The monoisotopic (exact) mass is 314 g/mol. The van der Waals surface area contributed by atoms with Gasteiger partial charge in [-0.15, -0.1) is 23.1 Å². The summed E-state index contributed by atoms with van der Waals surface area (Å²) in [5, 5.41) is 2.94. The highest BCUT2D eigenvalue weighted by atomic mass is 32.2. The molecule has 1 N–H and O–H groups in total. The van der Waals surface area contributed by atoms with Crippen molar-refractivity contribution in [1.29, 1.82) is 0 Å². The van der Waals surface area contributed by atoms with E-state index in [1.54, 1.807) is 23.1 Å². The van der Waals surface area contributed by atoms with Gasteiger partial charge in [0.25, 0.3) is 5.91 Å². The Morgan fingerprint density at radius 2 is 2.19 bits per heavy atom. The second kappa shape index (κ2) is 6.28. The largest absolute Gasteiger partial charge is 0.322 e. The minimum atomic E-state index is -0.0857. The molecule has 3 rings (SSSR count). The summed E-state index contributed by atoms with van der Waals surface area (Å²) in [5.74, 6) is 0.907. The maximum atomic E-state index is 12.3. The van der Waals surface area contributed by atoms with Crippen molar-refractivity contribution in [1.82, 2.24) is 4.98 Å². The predicted octanol–water partition coefficient (Wildman–Crippen LogP) is 4.66. The van der Waals surface area contributed by atoms with E-state index >= 15 is 0 Å². The van der Waals surface area contributed by atoms with Crippen LogP contribution < -0.4 is 5.32 Å². The summed E-state index contributed by atoms with van der Waals surface area (Å²) in [6, 6.07) is 13.5. The summed E-state index contributed by atoms with van der Waals surface area (Å²) >= 11 is 3.30. The van der Waals surface area contributed by atoms with Crippen LogP contribution in [0.1, 0.15) is 17.3 Å². The Balaban J connectivity index is 1.80. The number of hydrogen-bond donors (Lipinski definition) is 1. The topological polar surface area (TPSA) is 42.0 Å². The number of nitrogens with zero attached hydrogens (tertiary/aromatic N) is 1. The van der Waals surface area contributed by atoms with Crippen molar-refractivity contribution in [2.45, 2.75) is 11.8 Å². The van der Waals surface area contributed by atoms with E-state index in [2.05, 4.69) is 17.2 Å². The maximum Gasteiger partial charge on any atom is 0.255 e. The highest BCUT2D eigenvalue weighted by Crippen LogP contribution is 2.23. The Bertz CT molecular complexity index is 783. The molecule has 3 nitrogen and oxygen atoms in total. The van der Waals surface area contributed by atoms with Crippen LogP contribution in [-0.2, 0) is 0 Å². The predicted molar refractivity (Wildman–Crippen MR) is 90.4 cm³/mol. The number of aromatic nitrogens is 1. The molecule has 0 unspecified atom stereocenters. The van der Waals surface area contributed by atoms with Gasteiger partial charge in [-0.25, -0.2) is 4.98 Å². The lowest BCUT2D eigenvalue weighted by atomic mass is 10.2. The van der Waals surface area contributed by atoms with Crippen molar-refractivity contribution in [2.24, 2.45) is 0 Å². The van der Waals surface area contributed by atoms with Gasteiger partial charge >= 0.3 is 0 Å². The lowest BCUT2D eigenvalue weighted by Gasteiger charge is -2.06. The Kier molecular flexibility index (Phi) is 4.22. The molecule has 1 amide bonds. The quantitative estimate of drug-likeness (QED) is 0.712. The maximum absolute atomic E-state index is 12.3. The first-order chi connectivity index (χ1) is 10.3. The van der Waals surface area contributed by atoms with E-state index < -0.39 is 0 Å². The van der Waals surface area contributed by atoms with Crippen LogP contribution in [-0.4, -0.2) is 16.6 Å². The molecular formula is C16H14N2OS2. The lowest BCUT2D eigenvalue weighted by Crippen LogP contribution is -2.11. The minimum absolute atomic E-state index is 0.0857. The van der Waals surface area contributed by atoms with E-state index in [9.17, 15) is 4.79 Å². The van der Waals surface area contributed by atoms with Crippen LogP contribution in [0.3, 0.4) is 0 Å². The number of rotatable bonds is 4. The lowest BCUT2D eigenvalue weighted by molar-refractivity contribution is 0.102. The molecule has 0 saturated heterocycles. The van der Waals surface area contributed by atoms with Gasteiger partial charge in [-0.3, -0.25) is 4.79 Å². The molecule has 0 bridgehead atoms. The normalized spacial score (nSPS) is 10.7. The van der Waals surface area contributed by atoms with E-state index in [1.165, 1.54) is 0 Å². The molecule has 0 radical (unpaired) electrons. The number of thioether (sulfide) groups is 1. The molecule has 0 aliphatic heterocycles. The molecule has 0 fully saturated rings. The van der Waals surface area contributed by atoms with Crippen LogP contribution >= 0.6 is 23.1 Å². The van der Waals surface area contributed by atoms with Gasteiger partial charge in [0.05, 0.1) is 15.7 Å². The number of hydrogen-bond acceptors (Lipinski definition) is 4. The highest BCUT2D eigenvalue weighted by Gasteiger charge is 2.08. The summed E-state index contributed by atoms with van der Waals surface area (Å²) in [4.78, 5) is 17.7. The van der Waals surface area contributed by atoms with Crippen LogP contribution in [0.5, 0.6) is 0 Å². The number of thiazole rings is 1. The molecule has 0 aliphatic rings. The molecule has 0 atom stereocenters. The zero-order valence-corrected chi connectivity index (χ0v) is 13.1. The highest BCUT2D eigenvalue weighted by molar-refractivity contribution is 7.99. The molecule has 0 aliphatic carbocycles. The zero-order chi connectivity index (χ0) is 14.7. The van der Waals surface area contributed by atoms with Gasteiger partial charge in [0.1, 0.15) is 0 Å². The van der Waals surface area contributed by atoms with Gasteiger partial charge in [0.15, 0.2) is 0 Å². The molecule has 0 spiro atoms. The Labute approximate surface area is 131 Å². The second-order valence-corrected chi connectivity index (χ2v) is 6.67. The number of carbonyl (C=O) groups excluding carboxylic acids is 1. The summed E-state index contributed by atoms with van der Waals surface area (Å²) in [5.41, 5.74) is 4.24. The molecule has 3 aromatic rings. The molecule has 5 heteroatoms. The van der Waals surface area contributed by atoms with E-state index in [-0.39, 0.29) is 5.91 Å². The first-order valence-corrected chi connectivity index (χ1v) is 8.50. The third-order valence-electron chi connectivity index (χ3n) is 3.00. The van der Waals surface area contributed by atoms with E-state index in [0.717, 1.165) is 26.6 Å². The third kappa shape index (κ3) is 3.25. The first-order valence-electron chi connectivity index (χ1n) is 6.64. The molecule has 21 heavy (non-hydrogen) atoms. The van der Waals surface area contributed by atoms with Gasteiger partial charge < -0.3 is 5.32 Å². The number of nitrogens with one attached hydrogen (secondary N) is 1. The minimum Gasteiger partial charge on any atom is -0.322 e.